The Bertz CT molecular complexity index is 641. The van der Waals surface area contributed by atoms with E-state index in [1.54, 1.807) is 6.07 Å². The summed E-state index contributed by atoms with van der Waals surface area (Å²) in [5.74, 6) is 0.327. The highest BCUT2D eigenvalue weighted by Crippen LogP contribution is 2.35. The van der Waals surface area contributed by atoms with E-state index in [1.165, 1.54) is 12.1 Å². The Morgan fingerprint density at radius 1 is 1.19 bits per heavy atom. The van der Waals surface area contributed by atoms with Crippen molar-refractivity contribution in [3.05, 3.63) is 53.1 Å². The minimum Gasteiger partial charge on any atom is -0.391 e. The van der Waals surface area contributed by atoms with Gasteiger partial charge in [0.15, 0.2) is 0 Å². The fraction of sp³-hybridized carbons (Fsp3) is 0.375. The van der Waals surface area contributed by atoms with Crippen LogP contribution in [0.25, 0.3) is 0 Å². The average Bonchev–Trinajstić information content (AvgIpc) is 2.80. The van der Waals surface area contributed by atoms with Crippen LogP contribution in [0.5, 0.6) is 0 Å². The number of nitrogens with zero attached hydrogens (tertiary/aromatic N) is 3. The third-order valence-corrected chi connectivity index (χ3v) is 3.74. The van der Waals surface area contributed by atoms with E-state index < -0.39 is 6.10 Å². The highest BCUT2D eigenvalue weighted by Gasteiger charge is 2.34. The lowest BCUT2D eigenvalue weighted by Gasteiger charge is -2.25. The van der Waals surface area contributed by atoms with E-state index in [-0.39, 0.29) is 11.9 Å². The van der Waals surface area contributed by atoms with Gasteiger partial charge >= 0.3 is 0 Å². The summed E-state index contributed by atoms with van der Waals surface area (Å²) >= 11 is 0. The summed E-state index contributed by atoms with van der Waals surface area (Å²) in [6.07, 6.45) is 0.0995. The largest absolute Gasteiger partial charge is 0.391 e. The zero-order valence-corrected chi connectivity index (χ0v) is 12.1. The second-order valence-electron chi connectivity index (χ2n) is 5.56. The third-order valence-electron chi connectivity index (χ3n) is 3.74. The summed E-state index contributed by atoms with van der Waals surface area (Å²) in [5.41, 5.74) is 2.61. The Morgan fingerprint density at radius 2 is 1.90 bits per heavy atom. The quantitative estimate of drug-likeness (QED) is 0.922. The molecule has 0 radical (unpaired) electrons. The molecule has 0 aliphatic carbocycles. The summed E-state index contributed by atoms with van der Waals surface area (Å²) in [6.45, 7) is 4.30. The number of anilines is 1. The molecule has 1 aromatic carbocycles. The molecular formula is C16H18FN3O. The van der Waals surface area contributed by atoms with E-state index >= 15 is 0 Å². The number of halogens is 1. The van der Waals surface area contributed by atoms with Gasteiger partial charge in [-0.05, 0) is 44.0 Å². The number of aliphatic hydroxyl groups excluding tert-OH is 1. The first-order valence-electron chi connectivity index (χ1n) is 7.05. The maximum absolute atomic E-state index is 13.5. The van der Waals surface area contributed by atoms with Crippen molar-refractivity contribution < 1.29 is 9.50 Å². The molecule has 0 spiro atoms. The second kappa shape index (κ2) is 5.41. The van der Waals surface area contributed by atoms with Gasteiger partial charge in [-0.1, -0.05) is 12.1 Å². The number of β-amino-alcohol motifs (C(OH)–C–C–N with tert-alkyl or cyclic N) is 1. The molecule has 1 aliphatic heterocycles. The lowest BCUT2D eigenvalue weighted by molar-refractivity contribution is 0.194. The monoisotopic (exact) mass is 287 g/mol. The van der Waals surface area contributed by atoms with E-state index in [1.807, 2.05) is 30.9 Å². The van der Waals surface area contributed by atoms with Gasteiger partial charge in [-0.3, -0.25) is 0 Å². The van der Waals surface area contributed by atoms with Gasteiger partial charge in [-0.25, -0.2) is 14.4 Å². The highest BCUT2D eigenvalue weighted by molar-refractivity contribution is 5.40. The molecule has 0 amide bonds. The van der Waals surface area contributed by atoms with Gasteiger partial charge in [0.1, 0.15) is 5.82 Å². The zero-order chi connectivity index (χ0) is 15.0. The molecule has 4 nitrogen and oxygen atoms in total. The Hall–Kier alpha value is -2.01. The Labute approximate surface area is 123 Å². The number of rotatable bonds is 2. The molecule has 2 heterocycles. The Balaban J connectivity index is 1.99. The summed E-state index contributed by atoms with van der Waals surface area (Å²) in [5, 5.41) is 10.0. The van der Waals surface area contributed by atoms with Crippen molar-refractivity contribution in [3.63, 3.8) is 0 Å². The molecule has 1 aromatic heterocycles. The molecule has 1 fully saturated rings. The van der Waals surface area contributed by atoms with Crippen molar-refractivity contribution in [1.29, 1.82) is 0 Å². The standard InChI is InChI=1S/C16H18FN3O/c1-10-6-11(2)19-16(18-10)20-9-14(21)8-15(20)12-4-3-5-13(17)7-12/h3-7,14-15,21H,8-9H2,1-2H3. The Kier molecular flexibility index (Phi) is 3.59. The predicted molar refractivity (Wildman–Crippen MR) is 78.6 cm³/mol. The molecule has 2 aromatic rings. The van der Waals surface area contributed by atoms with Crippen molar-refractivity contribution in [2.45, 2.75) is 32.4 Å². The second-order valence-corrected chi connectivity index (χ2v) is 5.56. The van der Waals surface area contributed by atoms with E-state index in [2.05, 4.69) is 9.97 Å². The fourth-order valence-electron chi connectivity index (χ4n) is 2.90. The molecule has 1 saturated heterocycles. The van der Waals surface area contributed by atoms with Crippen LogP contribution in [0.15, 0.2) is 30.3 Å². The predicted octanol–water partition coefficient (Wildman–Crippen LogP) is 2.54. The fourth-order valence-corrected chi connectivity index (χ4v) is 2.90. The topological polar surface area (TPSA) is 49.2 Å². The van der Waals surface area contributed by atoms with Crippen LogP contribution in [0.2, 0.25) is 0 Å². The van der Waals surface area contributed by atoms with Crippen LogP contribution in [0.4, 0.5) is 10.3 Å². The first-order valence-corrected chi connectivity index (χ1v) is 7.05. The lowest BCUT2D eigenvalue weighted by Crippen LogP contribution is -2.26. The normalized spacial score (nSPS) is 21.8. The molecular weight excluding hydrogens is 269 g/mol. The number of aryl methyl sites for hydroxylation is 2. The van der Waals surface area contributed by atoms with Gasteiger partial charge in [0, 0.05) is 17.9 Å². The number of hydrogen-bond acceptors (Lipinski definition) is 4. The van der Waals surface area contributed by atoms with Gasteiger partial charge in [0.2, 0.25) is 5.95 Å². The molecule has 21 heavy (non-hydrogen) atoms. The minimum absolute atomic E-state index is 0.100. The van der Waals surface area contributed by atoms with Crippen LogP contribution in [-0.4, -0.2) is 27.7 Å². The van der Waals surface area contributed by atoms with Gasteiger partial charge in [-0.2, -0.15) is 0 Å². The summed E-state index contributed by atoms with van der Waals surface area (Å²) < 4.78 is 13.5. The summed E-state index contributed by atoms with van der Waals surface area (Å²) in [7, 11) is 0. The molecule has 5 heteroatoms. The first kappa shape index (κ1) is 13.9. The average molecular weight is 287 g/mol. The van der Waals surface area contributed by atoms with Crippen molar-refractivity contribution in [1.82, 2.24) is 9.97 Å². The minimum atomic E-state index is -0.456. The van der Waals surface area contributed by atoms with Crippen LogP contribution in [0, 0.1) is 19.7 Å². The smallest absolute Gasteiger partial charge is 0.226 e. The molecule has 2 atom stereocenters. The molecule has 2 unspecified atom stereocenters. The van der Waals surface area contributed by atoms with Crippen molar-refractivity contribution in [3.8, 4) is 0 Å². The third kappa shape index (κ3) is 2.88. The van der Waals surface area contributed by atoms with Gasteiger partial charge in [0.05, 0.1) is 12.1 Å². The molecule has 1 aliphatic rings. The van der Waals surface area contributed by atoms with Crippen LogP contribution in [0.3, 0.4) is 0 Å². The van der Waals surface area contributed by atoms with Crippen LogP contribution < -0.4 is 4.90 Å². The molecule has 0 bridgehead atoms. The van der Waals surface area contributed by atoms with E-state index in [0.717, 1.165) is 17.0 Å². The molecule has 3 rings (SSSR count). The van der Waals surface area contributed by atoms with Crippen molar-refractivity contribution in [2.75, 3.05) is 11.4 Å². The maximum Gasteiger partial charge on any atom is 0.226 e. The zero-order valence-electron chi connectivity index (χ0n) is 12.1. The molecule has 0 saturated carbocycles. The van der Waals surface area contributed by atoms with Crippen LogP contribution in [0.1, 0.15) is 29.4 Å². The van der Waals surface area contributed by atoms with Crippen molar-refractivity contribution in [2.24, 2.45) is 0 Å². The van der Waals surface area contributed by atoms with Gasteiger partial charge in [-0.15, -0.1) is 0 Å². The number of aromatic nitrogens is 2. The number of aliphatic hydroxyl groups is 1. The van der Waals surface area contributed by atoms with Gasteiger partial charge in [0.25, 0.3) is 0 Å². The van der Waals surface area contributed by atoms with E-state index in [4.69, 9.17) is 0 Å². The Morgan fingerprint density at radius 3 is 2.57 bits per heavy atom. The number of hydrogen-bond donors (Lipinski definition) is 1. The molecule has 110 valence electrons. The summed E-state index contributed by atoms with van der Waals surface area (Å²) in [6, 6.07) is 8.31. The van der Waals surface area contributed by atoms with E-state index in [9.17, 15) is 9.50 Å². The highest BCUT2D eigenvalue weighted by atomic mass is 19.1. The molecule has 1 N–H and O–H groups in total. The van der Waals surface area contributed by atoms with E-state index in [0.29, 0.717) is 18.9 Å². The van der Waals surface area contributed by atoms with Gasteiger partial charge < -0.3 is 10.0 Å². The summed E-state index contributed by atoms with van der Waals surface area (Å²) in [4.78, 5) is 10.9. The van der Waals surface area contributed by atoms with Crippen molar-refractivity contribution >= 4 is 5.95 Å². The van der Waals surface area contributed by atoms with Crippen LogP contribution >= 0.6 is 0 Å². The maximum atomic E-state index is 13.5. The lowest BCUT2D eigenvalue weighted by atomic mass is 10.0. The number of benzene rings is 1. The first-order chi connectivity index (χ1) is 10.0. The van der Waals surface area contributed by atoms with Crippen LogP contribution in [-0.2, 0) is 0 Å². The SMILES string of the molecule is Cc1cc(C)nc(N2CC(O)CC2c2cccc(F)c2)n1.